The Labute approximate surface area is 125 Å². The van der Waals surface area contributed by atoms with E-state index in [0.29, 0.717) is 17.9 Å². The van der Waals surface area contributed by atoms with E-state index in [2.05, 4.69) is 4.98 Å². The van der Waals surface area contributed by atoms with Gasteiger partial charge in [-0.15, -0.1) is 11.3 Å². The van der Waals surface area contributed by atoms with E-state index >= 15 is 0 Å². The fourth-order valence-corrected chi connectivity index (χ4v) is 3.39. The Kier molecular flexibility index (Phi) is 3.58. The Morgan fingerprint density at radius 3 is 2.90 bits per heavy atom. The van der Waals surface area contributed by atoms with Crippen molar-refractivity contribution in [3.8, 4) is 5.75 Å². The predicted molar refractivity (Wildman–Crippen MR) is 82.1 cm³/mol. The van der Waals surface area contributed by atoms with Crippen molar-refractivity contribution >= 4 is 27.4 Å². The molecule has 0 aliphatic heterocycles. The van der Waals surface area contributed by atoms with Gasteiger partial charge >= 0.3 is 5.97 Å². The van der Waals surface area contributed by atoms with Gasteiger partial charge in [-0.1, -0.05) is 12.1 Å². The van der Waals surface area contributed by atoms with Crippen LogP contribution >= 0.6 is 11.3 Å². The molecular formula is C16H13NO3S. The van der Waals surface area contributed by atoms with Gasteiger partial charge in [0.25, 0.3) is 0 Å². The van der Waals surface area contributed by atoms with E-state index in [0.717, 1.165) is 20.5 Å². The first kappa shape index (κ1) is 13.6. The lowest BCUT2D eigenvalue weighted by molar-refractivity contribution is 0.0699. The van der Waals surface area contributed by atoms with E-state index in [-0.39, 0.29) is 0 Å². The van der Waals surface area contributed by atoms with Crippen LogP contribution in [0, 0.1) is 6.92 Å². The van der Waals surface area contributed by atoms with Gasteiger partial charge in [0.05, 0.1) is 11.8 Å². The maximum absolute atomic E-state index is 11.3. The molecule has 3 rings (SSSR count). The van der Waals surface area contributed by atoms with Crippen molar-refractivity contribution in [2.75, 3.05) is 0 Å². The molecule has 0 atom stereocenters. The second kappa shape index (κ2) is 5.54. The lowest BCUT2D eigenvalue weighted by atomic mass is 10.1. The quantitative estimate of drug-likeness (QED) is 0.794. The summed E-state index contributed by atoms with van der Waals surface area (Å²) in [4.78, 5) is 16.4. The number of ether oxygens (including phenoxy) is 1. The maximum Gasteiger partial charge on any atom is 0.337 e. The number of carboxylic acids is 1. The number of nitrogens with zero attached hydrogens (tertiary/aromatic N) is 1. The molecule has 0 radical (unpaired) electrons. The Balaban J connectivity index is 1.97. The van der Waals surface area contributed by atoms with Crippen LogP contribution in [0.5, 0.6) is 5.75 Å². The molecule has 0 fully saturated rings. The number of hydrogen-bond donors (Lipinski definition) is 1. The summed E-state index contributed by atoms with van der Waals surface area (Å²) >= 11 is 1.49. The van der Waals surface area contributed by atoms with Crippen LogP contribution in [0.2, 0.25) is 0 Å². The average Bonchev–Trinajstić information content (AvgIpc) is 2.81. The fourth-order valence-electron chi connectivity index (χ4n) is 2.22. The van der Waals surface area contributed by atoms with Crippen LogP contribution < -0.4 is 4.74 Å². The largest absolute Gasteiger partial charge is 0.487 e. The summed E-state index contributed by atoms with van der Waals surface area (Å²) in [6.45, 7) is 2.39. The number of aryl methyl sites for hydroxylation is 1. The molecule has 3 aromatic rings. The van der Waals surface area contributed by atoms with Crippen LogP contribution in [0.15, 0.2) is 42.7 Å². The molecule has 1 aromatic carbocycles. The van der Waals surface area contributed by atoms with E-state index in [9.17, 15) is 9.90 Å². The number of hydrogen-bond acceptors (Lipinski definition) is 4. The highest BCUT2D eigenvalue weighted by atomic mass is 32.1. The van der Waals surface area contributed by atoms with E-state index in [1.165, 1.54) is 11.3 Å². The molecule has 21 heavy (non-hydrogen) atoms. The van der Waals surface area contributed by atoms with Crippen LogP contribution in [-0.4, -0.2) is 16.1 Å². The fraction of sp³-hybridized carbons (Fsp3) is 0.125. The summed E-state index contributed by atoms with van der Waals surface area (Å²) in [6.07, 6.45) is 3.35. The van der Waals surface area contributed by atoms with Gasteiger partial charge in [-0.05, 0) is 25.1 Å². The highest BCUT2D eigenvalue weighted by Crippen LogP contribution is 2.34. The second-order valence-corrected chi connectivity index (χ2v) is 5.83. The Morgan fingerprint density at radius 2 is 2.19 bits per heavy atom. The van der Waals surface area contributed by atoms with Gasteiger partial charge < -0.3 is 9.84 Å². The van der Waals surface area contributed by atoms with Gasteiger partial charge in [0, 0.05) is 26.7 Å². The molecule has 0 bridgehead atoms. The number of benzene rings is 1. The van der Waals surface area contributed by atoms with Gasteiger partial charge in [-0.25, -0.2) is 4.79 Å². The van der Waals surface area contributed by atoms with Crippen LogP contribution in [-0.2, 0) is 6.61 Å². The van der Waals surface area contributed by atoms with Gasteiger partial charge in [0.2, 0.25) is 0 Å². The number of carbonyl (C=O) groups is 1. The highest BCUT2D eigenvalue weighted by molar-refractivity contribution is 7.19. The van der Waals surface area contributed by atoms with Gasteiger partial charge in [-0.2, -0.15) is 0 Å². The molecule has 0 saturated heterocycles. The third-order valence-electron chi connectivity index (χ3n) is 3.27. The van der Waals surface area contributed by atoms with E-state index in [1.54, 1.807) is 24.5 Å². The van der Waals surface area contributed by atoms with Crippen molar-refractivity contribution in [3.63, 3.8) is 0 Å². The first-order valence-corrected chi connectivity index (χ1v) is 7.25. The van der Waals surface area contributed by atoms with Gasteiger partial charge in [0.1, 0.15) is 12.4 Å². The van der Waals surface area contributed by atoms with Crippen molar-refractivity contribution < 1.29 is 14.6 Å². The molecule has 0 aliphatic rings. The minimum absolute atomic E-state index is 0.341. The first-order valence-electron chi connectivity index (χ1n) is 6.44. The molecule has 0 spiro atoms. The van der Waals surface area contributed by atoms with Crippen molar-refractivity contribution in [1.82, 2.24) is 4.98 Å². The summed E-state index contributed by atoms with van der Waals surface area (Å²) in [7, 11) is 0. The van der Waals surface area contributed by atoms with Crippen LogP contribution in [0.1, 0.15) is 20.8 Å². The number of thiophene rings is 1. The van der Waals surface area contributed by atoms with E-state index in [1.807, 2.05) is 25.1 Å². The van der Waals surface area contributed by atoms with Crippen molar-refractivity contribution in [2.24, 2.45) is 0 Å². The molecule has 5 heteroatoms. The first-order chi connectivity index (χ1) is 10.2. The third kappa shape index (κ3) is 2.60. The number of fused-ring (bicyclic) bond motifs is 1. The predicted octanol–water partition coefficient (Wildman–Crippen LogP) is 3.88. The van der Waals surface area contributed by atoms with Crippen LogP contribution in [0.3, 0.4) is 0 Å². The summed E-state index contributed by atoms with van der Waals surface area (Å²) in [5.74, 6) is -0.202. The van der Waals surface area contributed by atoms with Crippen molar-refractivity contribution in [3.05, 3.63) is 58.7 Å². The van der Waals surface area contributed by atoms with Crippen LogP contribution in [0.4, 0.5) is 0 Å². The molecule has 0 saturated carbocycles. The molecule has 0 amide bonds. The molecule has 1 N–H and O–H groups in total. The normalized spacial score (nSPS) is 10.7. The molecule has 2 aromatic heterocycles. The summed E-state index contributed by atoms with van der Waals surface area (Å²) in [5.41, 5.74) is 1.37. The minimum atomic E-state index is -0.901. The average molecular weight is 299 g/mol. The summed E-state index contributed by atoms with van der Waals surface area (Å²) in [5, 5.41) is 10.2. The third-order valence-corrected chi connectivity index (χ3v) is 4.46. The van der Waals surface area contributed by atoms with Crippen molar-refractivity contribution in [1.29, 1.82) is 0 Å². The Bertz CT molecular complexity index is 796. The molecular weight excluding hydrogens is 286 g/mol. The molecule has 2 heterocycles. The van der Waals surface area contributed by atoms with Crippen molar-refractivity contribution in [2.45, 2.75) is 13.5 Å². The number of carboxylic acid groups (broad SMARTS) is 1. The molecule has 0 unspecified atom stereocenters. The number of pyridine rings is 1. The smallest absolute Gasteiger partial charge is 0.337 e. The monoisotopic (exact) mass is 299 g/mol. The lowest BCUT2D eigenvalue weighted by Crippen LogP contribution is -1.98. The minimum Gasteiger partial charge on any atom is -0.487 e. The van der Waals surface area contributed by atoms with Gasteiger partial charge in [-0.3, -0.25) is 4.98 Å². The number of aromatic nitrogens is 1. The summed E-state index contributed by atoms with van der Waals surface area (Å²) in [6, 6.07) is 9.00. The lowest BCUT2D eigenvalue weighted by Gasteiger charge is -2.06. The highest BCUT2D eigenvalue weighted by Gasteiger charge is 2.15. The number of aromatic carboxylic acids is 1. The van der Waals surface area contributed by atoms with E-state index < -0.39 is 5.97 Å². The standard InChI is InChI=1S/C16H13NO3S/c1-10-14(9-20-11-4-3-7-17-8-11)12-5-2-6-13(16(18)19)15(12)21-10/h2-8H,9H2,1H3,(H,18,19). The Hall–Kier alpha value is -2.40. The Morgan fingerprint density at radius 1 is 1.33 bits per heavy atom. The summed E-state index contributed by atoms with van der Waals surface area (Å²) < 4.78 is 6.53. The second-order valence-electron chi connectivity index (χ2n) is 4.60. The number of rotatable bonds is 4. The van der Waals surface area contributed by atoms with E-state index in [4.69, 9.17) is 4.74 Å². The molecule has 0 aliphatic carbocycles. The zero-order chi connectivity index (χ0) is 14.8. The zero-order valence-corrected chi connectivity index (χ0v) is 12.2. The topological polar surface area (TPSA) is 59.4 Å². The SMILES string of the molecule is Cc1sc2c(C(=O)O)cccc2c1COc1cccnc1. The molecule has 4 nitrogen and oxygen atoms in total. The van der Waals surface area contributed by atoms with Crippen LogP contribution in [0.25, 0.3) is 10.1 Å². The zero-order valence-electron chi connectivity index (χ0n) is 11.4. The maximum atomic E-state index is 11.3. The molecule has 106 valence electrons. The van der Waals surface area contributed by atoms with Gasteiger partial charge in [0.15, 0.2) is 0 Å².